The van der Waals surface area contributed by atoms with Crippen LogP contribution in [0.4, 0.5) is 0 Å². The molecule has 26 heavy (non-hydrogen) atoms. The number of aliphatic hydroxyl groups excluding tert-OH is 2. The van der Waals surface area contributed by atoms with Gasteiger partial charge in [-0.25, -0.2) is 0 Å². The molecule has 4 aliphatic carbocycles. The number of rotatable bonds is 0. The van der Waals surface area contributed by atoms with Crippen LogP contribution in [0.2, 0.25) is 0 Å². The molecule has 3 aliphatic heterocycles. The van der Waals surface area contributed by atoms with E-state index in [0.29, 0.717) is 12.3 Å². The van der Waals surface area contributed by atoms with Crippen molar-refractivity contribution in [1.29, 1.82) is 0 Å². The standard InChI is InChI=1S/C21H32O5/c1-17-7-5-12(22)10-11(17)4-8-20-15(17)14-16(23)18(2)13(6-9-21(18,20)24)19(3,25-14)26-20/h11-16,22-24H,4-10H2,1-3H3. The van der Waals surface area contributed by atoms with Crippen molar-refractivity contribution in [2.45, 2.75) is 101 Å². The minimum Gasteiger partial charge on any atom is -0.393 e. The van der Waals surface area contributed by atoms with Gasteiger partial charge in [-0.3, -0.25) is 0 Å². The molecule has 0 radical (unpaired) electrons. The Balaban J connectivity index is 1.57. The molecule has 0 aromatic rings. The second-order valence-corrected chi connectivity index (χ2v) is 10.9. The lowest BCUT2D eigenvalue weighted by molar-refractivity contribution is -0.522. The van der Waals surface area contributed by atoms with E-state index in [1.807, 2.05) is 6.92 Å². The molecule has 7 aliphatic rings. The lowest BCUT2D eigenvalue weighted by Gasteiger charge is -2.79. The Labute approximate surface area is 155 Å². The second-order valence-electron chi connectivity index (χ2n) is 10.9. The van der Waals surface area contributed by atoms with Crippen LogP contribution >= 0.6 is 0 Å². The first kappa shape index (κ1) is 16.7. The highest BCUT2D eigenvalue weighted by molar-refractivity contribution is 5.35. The first-order valence-corrected chi connectivity index (χ1v) is 10.6. The Bertz CT molecular complexity index is 683. The van der Waals surface area contributed by atoms with Gasteiger partial charge in [0.2, 0.25) is 0 Å². The van der Waals surface area contributed by atoms with Crippen molar-refractivity contribution < 1.29 is 24.8 Å². The summed E-state index contributed by atoms with van der Waals surface area (Å²) in [6.07, 6.45) is 4.69. The molecule has 11 unspecified atom stereocenters. The van der Waals surface area contributed by atoms with Crippen LogP contribution in [0.1, 0.15) is 65.7 Å². The molecule has 7 fully saturated rings. The minimum absolute atomic E-state index is 0.0125. The number of hydrogen-bond acceptors (Lipinski definition) is 5. The summed E-state index contributed by atoms with van der Waals surface area (Å²) >= 11 is 0. The van der Waals surface area contributed by atoms with Crippen LogP contribution in [-0.4, -0.2) is 50.6 Å². The monoisotopic (exact) mass is 364 g/mol. The first-order chi connectivity index (χ1) is 12.1. The molecule has 146 valence electrons. The van der Waals surface area contributed by atoms with E-state index < -0.39 is 28.5 Å². The molecule has 3 heterocycles. The van der Waals surface area contributed by atoms with Gasteiger partial charge in [0, 0.05) is 17.3 Å². The maximum Gasteiger partial charge on any atom is 0.170 e. The number of ether oxygens (including phenoxy) is 2. The van der Waals surface area contributed by atoms with E-state index in [-0.39, 0.29) is 29.5 Å². The summed E-state index contributed by atoms with van der Waals surface area (Å²) in [4.78, 5) is 0. The molecule has 6 bridgehead atoms. The van der Waals surface area contributed by atoms with Gasteiger partial charge in [0.25, 0.3) is 0 Å². The summed E-state index contributed by atoms with van der Waals surface area (Å²) < 4.78 is 13.3. The average molecular weight is 364 g/mol. The topological polar surface area (TPSA) is 79.2 Å². The average Bonchev–Trinajstić information content (AvgIpc) is 2.84. The third-order valence-corrected chi connectivity index (χ3v) is 10.3. The molecule has 0 aromatic carbocycles. The predicted octanol–water partition coefficient (Wildman–Crippen LogP) is 1.97. The maximum atomic E-state index is 12.1. The van der Waals surface area contributed by atoms with E-state index in [4.69, 9.17) is 9.47 Å². The van der Waals surface area contributed by atoms with Crippen molar-refractivity contribution in [3.63, 3.8) is 0 Å². The summed E-state index contributed by atoms with van der Waals surface area (Å²) in [7, 11) is 0. The van der Waals surface area contributed by atoms with Gasteiger partial charge in [0.15, 0.2) is 5.79 Å². The summed E-state index contributed by atoms with van der Waals surface area (Å²) in [6, 6.07) is 0. The largest absolute Gasteiger partial charge is 0.393 e. The Hall–Kier alpha value is -0.200. The van der Waals surface area contributed by atoms with Gasteiger partial charge < -0.3 is 24.8 Å². The van der Waals surface area contributed by atoms with Crippen LogP contribution in [0, 0.1) is 28.6 Å². The fraction of sp³-hybridized carbons (Fsp3) is 1.00. The van der Waals surface area contributed by atoms with E-state index in [1.54, 1.807) is 0 Å². The molecule has 3 N–H and O–H groups in total. The third-order valence-electron chi connectivity index (χ3n) is 10.3. The highest BCUT2D eigenvalue weighted by atomic mass is 16.7. The normalized spacial score (nSPS) is 70.8. The molecule has 11 atom stereocenters. The summed E-state index contributed by atoms with van der Waals surface area (Å²) in [6.45, 7) is 6.43. The number of aliphatic hydroxyl groups is 3. The van der Waals surface area contributed by atoms with E-state index in [0.717, 1.165) is 38.5 Å². The van der Waals surface area contributed by atoms with Crippen molar-refractivity contribution in [3.8, 4) is 0 Å². The SMILES string of the molecule is CC12OC3C4C5(C)CCC(O)CC5CCC4(O1)C1(O)CCC2C1(C)C3O. The Kier molecular flexibility index (Phi) is 2.80. The Morgan fingerprint density at radius 3 is 2.50 bits per heavy atom. The van der Waals surface area contributed by atoms with Gasteiger partial charge in [-0.05, 0) is 63.2 Å². The van der Waals surface area contributed by atoms with Crippen LogP contribution in [0.15, 0.2) is 0 Å². The van der Waals surface area contributed by atoms with Crippen LogP contribution in [0.3, 0.4) is 0 Å². The van der Waals surface area contributed by atoms with E-state index in [2.05, 4.69) is 13.8 Å². The fourth-order valence-electron chi connectivity index (χ4n) is 9.24. The van der Waals surface area contributed by atoms with Crippen molar-refractivity contribution in [2.24, 2.45) is 28.6 Å². The third kappa shape index (κ3) is 1.38. The number of hydrogen-bond donors (Lipinski definition) is 3. The van der Waals surface area contributed by atoms with Crippen LogP contribution in [-0.2, 0) is 9.47 Å². The molecule has 4 saturated carbocycles. The molecular formula is C21H32O5. The molecule has 1 spiro atoms. The highest BCUT2D eigenvalue weighted by Gasteiger charge is 2.88. The molecule has 0 amide bonds. The molecular weight excluding hydrogens is 332 g/mol. The predicted molar refractivity (Wildman–Crippen MR) is 93.1 cm³/mol. The van der Waals surface area contributed by atoms with Gasteiger partial charge in [-0.15, -0.1) is 0 Å². The zero-order valence-electron chi connectivity index (χ0n) is 16.1. The molecule has 7 rings (SSSR count). The lowest BCUT2D eigenvalue weighted by Crippen LogP contribution is -2.89. The van der Waals surface area contributed by atoms with Crippen LogP contribution in [0.25, 0.3) is 0 Å². The Morgan fingerprint density at radius 2 is 1.73 bits per heavy atom. The smallest absolute Gasteiger partial charge is 0.170 e. The van der Waals surface area contributed by atoms with Gasteiger partial charge >= 0.3 is 0 Å². The van der Waals surface area contributed by atoms with Crippen molar-refractivity contribution in [3.05, 3.63) is 0 Å². The molecule has 5 heteroatoms. The van der Waals surface area contributed by atoms with Crippen molar-refractivity contribution in [2.75, 3.05) is 0 Å². The van der Waals surface area contributed by atoms with E-state index >= 15 is 0 Å². The zero-order chi connectivity index (χ0) is 18.3. The van der Waals surface area contributed by atoms with Gasteiger partial charge in [-0.2, -0.15) is 0 Å². The quantitative estimate of drug-likeness (QED) is 0.573. The summed E-state index contributed by atoms with van der Waals surface area (Å²) in [5, 5.41) is 33.8. The van der Waals surface area contributed by atoms with Gasteiger partial charge in [0.05, 0.1) is 18.3 Å². The lowest BCUT2D eigenvalue weighted by atomic mass is 9.37. The minimum atomic E-state index is -0.988. The van der Waals surface area contributed by atoms with Crippen LogP contribution < -0.4 is 0 Å². The zero-order valence-corrected chi connectivity index (χ0v) is 16.1. The molecule has 3 saturated heterocycles. The van der Waals surface area contributed by atoms with Gasteiger partial charge in [0.1, 0.15) is 11.2 Å². The maximum absolute atomic E-state index is 12.1. The van der Waals surface area contributed by atoms with E-state index in [9.17, 15) is 15.3 Å². The van der Waals surface area contributed by atoms with Crippen molar-refractivity contribution in [1.82, 2.24) is 0 Å². The van der Waals surface area contributed by atoms with E-state index in [1.165, 1.54) is 0 Å². The molecule has 5 nitrogen and oxygen atoms in total. The number of fused-ring (bicyclic) bond motifs is 1. The Morgan fingerprint density at radius 1 is 0.962 bits per heavy atom. The highest BCUT2D eigenvalue weighted by Crippen LogP contribution is 2.79. The first-order valence-electron chi connectivity index (χ1n) is 10.6. The van der Waals surface area contributed by atoms with Crippen LogP contribution in [0.5, 0.6) is 0 Å². The van der Waals surface area contributed by atoms with Gasteiger partial charge in [-0.1, -0.05) is 13.8 Å². The van der Waals surface area contributed by atoms with Crippen molar-refractivity contribution >= 4 is 0 Å². The molecule has 0 aromatic heterocycles. The fourth-order valence-corrected chi connectivity index (χ4v) is 9.24. The summed E-state index contributed by atoms with van der Waals surface area (Å²) in [5.74, 6) is -0.270. The second kappa shape index (κ2) is 4.35. The summed E-state index contributed by atoms with van der Waals surface area (Å²) in [5.41, 5.74) is -2.24.